The van der Waals surface area contributed by atoms with Gasteiger partial charge < -0.3 is 0 Å². The van der Waals surface area contributed by atoms with Crippen LogP contribution in [0.15, 0.2) is 0 Å². The van der Waals surface area contributed by atoms with Crippen LogP contribution in [0.4, 0.5) is 0 Å². The Bertz CT molecular complexity index is 212. The summed E-state index contributed by atoms with van der Waals surface area (Å²) in [4.78, 5) is 0. The summed E-state index contributed by atoms with van der Waals surface area (Å²) < 4.78 is 53.0. The number of nitrogens with two attached hydrogens (primary N) is 1. The second-order valence-electron chi connectivity index (χ2n) is 0.762. The van der Waals surface area contributed by atoms with Gasteiger partial charge in [0, 0.05) is 0 Å². The molecule has 0 aliphatic heterocycles. The van der Waals surface area contributed by atoms with E-state index in [1.807, 2.05) is 0 Å². The van der Waals surface area contributed by atoms with Crippen LogP contribution < -0.4 is 5.90 Å². The average Bonchev–Trinajstić information content (AvgIpc) is 1.63. The van der Waals surface area contributed by atoms with Gasteiger partial charge in [0.1, 0.15) is 0 Å². The lowest BCUT2D eigenvalue weighted by atomic mass is 13.6. The lowest BCUT2D eigenvalue weighted by Crippen LogP contribution is -2.08. The van der Waals surface area contributed by atoms with Crippen molar-refractivity contribution in [2.45, 2.75) is 0 Å². The van der Waals surface area contributed by atoms with Crippen LogP contribution in [0.25, 0.3) is 0 Å². The Labute approximate surface area is 58.3 Å². The molecule has 0 saturated heterocycles. The van der Waals surface area contributed by atoms with E-state index in [4.69, 9.17) is 17.5 Å². The van der Waals surface area contributed by atoms with E-state index in [0.29, 0.717) is 0 Å². The van der Waals surface area contributed by atoms with Gasteiger partial charge in [0.2, 0.25) is 0 Å². The molecular weight excluding hydrogens is 190 g/mol. The molecule has 8 nitrogen and oxygen atoms in total. The standard InChI is InChI=1S/H3NO4S.H2O3S/c1-5-6(2,3)4;1-4(2)3/h1H2,(H,2,3,4);4H,(H,1,2,3). The third kappa shape index (κ3) is 46.8. The van der Waals surface area contributed by atoms with Crippen LogP contribution in [0.2, 0.25) is 0 Å². The minimum absolute atomic E-state index is 2.97. The summed E-state index contributed by atoms with van der Waals surface area (Å²) in [7, 11) is -7.50. The molecule has 0 aromatic heterocycles. The van der Waals surface area contributed by atoms with Crippen molar-refractivity contribution < 1.29 is 30.2 Å². The Hall–Kier alpha value is -0.260. The van der Waals surface area contributed by atoms with Gasteiger partial charge in [0.25, 0.3) is 11.0 Å². The Morgan fingerprint density at radius 2 is 1.50 bits per heavy atom. The second-order valence-corrected chi connectivity index (χ2v) is 2.29. The van der Waals surface area contributed by atoms with E-state index in [9.17, 15) is 8.42 Å². The van der Waals surface area contributed by atoms with Crippen LogP contribution in [0, 0.1) is 0 Å². The number of thiol groups is 1. The summed E-state index contributed by atoms with van der Waals surface area (Å²) in [6, 6.07) is 0. The van der Waals surface area contributed by atoms with Crippen molar-refractivity contribution in [2.24, 2.45) is 5.90 Å². The molecule has 0 fully saturated rings. The zero-order valence-electron chi connectivity index (χ0n) is 4.37. The molecule has 64 valence electrons. The summed E-state index contributed by atoms with van der Waals surface area (Å²) in [6.45, 7) is 0. The zero-order valence-corrected chi connectivity index (χ0v) is 6.08. The fourth-order valence-corrected chi connectivity index (χ4v) is 0. The Kier molecular flexibility index (Phi) is 6.85. The smallest absolute Gasteiger partial charge is 0.288 e. The Morgan fingerprint density at radius 3 is 1.50 bits per heavy atom. The van der Waals surface area contributed by atoms with E-state index in [-0.39, 0.29) is 0 Å². The van der Waals surface area contributed by atoms with Crippen LogP contribution >= 0.6 is 0 Å². The fraction of sp³-hybridized carbons (Fsp3) is 0. The summed E-state index contributed by atoms with van der Waals surface area (Å²) >= 11 is 0. The SMILES string of the molecule is NOS(=O)(=O)O.O=[SH](=O)O. The summed E-state index contributed by atoms with van der Waals surface area (Å²) in [5.74, 6) is 3.97. The average molecular weight is 195 g/mol. The Balaban J connectivity index is 0. The van der Waals surface area contributed by atoms with Gasteiger partial charge in [-0.15, -0.1) is 0 Å². The molecule has 0 spiro atoms. The van der Waals surface area contributed by atoms with Gasteiger partial charge in [-0.2, -0.15) is 18.6 Å². The molecule has 0 radical (unpaired) electrons. The minimum Gasteiger partial charge on any atom is -0.288 e. The van der Waals surface area contributed by atoms with Gasteiger partial charge in [-0.25, -0.2) is 8.42 Å². The van der Waals surface area contributed by atoms with Crippen LogP contribution in [0.5, 0.6) is 0 Å². The molecule has 0 aliphatic rings. The third-order valence-corrected chi connectivity index (χ3v) is 0.365. The van der Waals surface area contributed by atoms with E-state index < -0.39 is 21.4 Å². The second kappa shape index (κ2) is 5.52. The van der Waals surface area contributed by atoms with E-state index in [2.05, 4.69) is 10.2 Å². The first-order valence-corrected chi connectivity index (χ1v) is 3.98. The normalized spacial score (nSPS) is 10.4. The van der Waals surface area contributed by atoms with Crippen molar-refractivity contribution in [2.75, 3.05) is 0 Å². The zero-order chi connectivity index (χ0) is 8.78. The summed E-state index contributed by atoms with van der Waals surface area (Å²) in [6.07, 6.45) is 0. The summed E-state index contributed by atoms with van der Waals surface area (Å²) in [5, 5.41) is 0. The van der Waals surface area contributed by atoms with Crippen molar-refractivity contribution in [1.29, 1.82) is 0 Å². The van der Waals surface area contributed by atoms with Crippen molar-refractivity contribution in [3.63, 3.8) is 0 Å². The maximum absolute atomic E-state index is 9.21. The molecule has 0 atom stereocenters. The molecule has 0 bridgehead atoms. The molecule has 0 aromatic carbocycles. The van der Waals surface area contributed by atoms with Crippen molar-refractivity contribution >= 4 is 21.4 Å². The van der Waals surface area contributed by atoms with Gasteiger partial charge in [0.15, 0.2) is 0 Å². The van der Waals surface area contributed by atoms with Gasteiger partial charge in [-0.1, -0.05) is 0 Å². The lowest BCUT2D eigenvalue weighted by molar-refractivity contribution is 0.277. The highest BCUT2D eigenvalue weighted by molar-refractivity contribution is 7.80. The Morgan fingerprint density at radius 1 is 1.40 bits per heavy atom. The molecule has 0 aliphatic carbocycles. The first-order valence-electron chi connectivity index (χ1n) is 1.48. The highest BCUT2D eigenvalue weighted by Crippen LogP contribution is 1.70. The minimum atomic E-state index is -4.38. The third-order valence-electron chi connectivity index (χ3n) is 0.122. The molecule has 0 rings (SSSR count). The molecule has 4 N–H and O–H groups in total. The van der Waals surface area contributed by atoms with Gasteiger partial charge in [-0.3, -0.25) is 9.11 Å². The fourth-order valence-electron chi connectivity index (χ4n) is 0. The van der Waals surface area contributed by atoms with Gasteiger partial charge in [0.05, 0.1) is 0 Å². The summed E-state index contributed by atoms with van der Waals surface area (Å²) in [5.41, 5.74) is 0. The highest BCUT2D eigenvalue weighted by Gasteiger charge is 1.95. The quantitative estimate of drug-likeness (QED) is 0.208. The molecular formula is H5NO7S2. The maximum atomic E-state index is 9.21. The number of hydrogen-bond donors (Lipinski definition) is 4. The van der Waals surface area contributed by atoms with Crippen LogP contribution in [0.3, 0.4) is 0 Å². The van der Waals surface area contributed by atoms with E-state index in [0.717, 1.165) is 0 Å². The molecule has 10 heavy (non-hydrogen) atoms. The maximum Gasteiger partial charge on any atom is 0.413 e. The van der Waals surface area contributed by atoms with Crippen molar-refractivity contribution in [3.05, 3.63) is 0 Å². The first kappa shape index (κ1) is 12.4. The van der Waals surface area contributed by atoms with Crippen molar-refractivity contribution in [3.8, 4) is 0 Å². The number of hydrogen-bond acceptors (Lipinski definition) is 6. The molecule has 10 heteroatoms. The van der Waals surface area contributed by atoms with Crippen molar-refractivity contribution in [1.82, 2.24) is 0 Å². The largest absolute Gasteiger partial charge is 0.413 e. The molecule has 0 heterocycles. The monoisotopic (exact) mass is 195 g/mol. The van der Waals surface area contributed by atoms with Gasteiger partial charge >= 0.3 is 10.4 Å². The first-order chi connectivity index (χ1) is 4.29. The number of rotatable bonds is 1. The van der Waals surface area contributed by atoms with Crippen LogP contribution in [0.1, 0.15) is 0 Å². The molecule has 0 amide bonds. The van der Waals surface area contributed by atoms with E-state index in [1.54, 1.807) is 0 Å². The molecule has 0 unspecified atom stereocenters. The molecule has 0 aromatic rings. The predicted octanol–water partition coefficient (Wildman–Crippen LogP) is -2.25. The molecule has 0 saturated carbocycles. The van der Waals surface area contributed by atoms with Crippen LogP contribution in [-0.4, -0.2) is 25.9 Å². The highest BCUT2D eigenvalue weighted by atomic mass is 32.3. The van der Waals surface area contributed by atoms with Gasteiger partial charge in [-0.05, 0) is 0 Å². The topological polar surface area (TPSA) is 144 Å². The predicted molar refractivity (Wildman–Crippen MR) is 29.8 cm³/mol. The lowest BCUT2D eigenvalue weighted by Gasteiger charge is -1.81. The van der Waals surface area contributed by atoms with Crippen LogP contribution in [-0.2, 0) is 25.7 Å². The van der Waals surface area contributed by atoms with E-state index >= 15 is 0 Å². The van der Waals surface area contributed by atoms with E-state index in [1.165, 1.54) is 0 Å².